The van der Waals surface area contributed by atoms with Crippen LogP contribution in [0.15, 0.2) is 53.6 Å². The first-order valence-electron chi connectivity index (χ1n) is 10.3. The molecule has 1 heterocycles. The van der Waals surface area contributed by atoms with E-state index in [2.05, 4.69) is 9.84 Å². The molecule has 0 aromatic heterocycles. The lowest BCUT2D eigenvalue weighted by Crippen LogP contribution is -2.45. The number of nitrogens with zero attached hydrogens (tertiary/aromatic N) is 2. The van der Waals surface area contributed by atoms with E-state index in [1.54, 1.807) is 26.0 Å². The number of hydrazone groups is 1. The molecule has 0 N–H and O–H groups in total. The van der Waals surface area contributed by atoms with Gasteiger partial charge in [-0.15, -0.1) is 13.2 Å². The van der Waals surface area contributed by atoms with E-state index in [4.69, 9.17) is 9.47 Å². The van der Waals surface area contributed by atoms with Crippen LogP contribution in [0.3, 0.4) is 0 Å². The number of esters is 2. The van der Waals surface area contributed by atoms with Gasteiger partial charge < -0.3 is 14.2 Å². The minimum absolute atomic E-state index is 0.0282. The van der Waals surface area contributed by atoms with Gasteiger partial charge in [0.2, 0.25) is 0 Å². The Labute approximate surface area is 192 Å². The van der Waals surface area contributed by atoms with Crippen molar-refractivity contribution in [3.05, 3.63) is 59.7 Å². The fourth-order valence-corrected chi connectivity index (χ4v) is 3.46. The highest BCUT2D eigenvalue weighted by molar-refractivity contribution is 6.17. The van der Waals surface area contributed by atoms with Crippen LogP contribution in [0, 0.1) is 5.92 Å². The molecule has 2 aromatic rings. The van der Waals surface area contributed by atoms with Crippen LogP contribution in [0.25, 0.3) is 0 Å². The number of halogens is 3. The van der Waals surface area contributed by atoms with Crippen molar-refractivity contribution in [3.63, 3.8) is 0 Å². The van der Waals surface area contributed by atoms with Gasteiger partial charge in [-0.2, -0.15) is 5.10 Å². The summed E-state index contributed by atoms with van der Waals surface area (Å²) in [6, 6.07) is 9.61. The molecule has 2 aromatic carbocycles. The van der Waals surface area contributed by atoms with Crippen LogP contribution in [-0.4, -0.2) is 49.6 Å². The van der Waals surface area contributed by atoms with Crippen molar-refractivity contribution in [2.24, 2.45) is 11.0 Å². The molecule has 2 atom stereocenters. The predicted molar refractivity (Wildman–Crippen MR) is 115 cm³/mol. The van der Waals surface area contributed by atoms with E-state index in [1.807, 2.05) is 0 Å². The van der Waals surface area contributed by atoms with Crippen LogP contribution < -0.4 is 9.75 Å². The first kappa shape index (κ1) is 24.7. The topological polar surface area (TPSA) is 94.5 Å². The van der Waals surface area contributed by atoms with Crippen molar-refractivity contribution < 1.29 is 41.8 Å². The molecule has 34 heavy (non-hydrogen) atoms. The Bertz CT molecular complexity index is 1070. The number of benzene rings is 2. The second-order valence-corrected chi connectivity index (χ2v) is 7.04. The van der Waals surface area contributed by atoms with Crippen LogP contribution in [0.4, 0.5) is 18.9 Å². The molecule has 8 nitrogen and oxygen atoms in total. The van der Waals surface area contributed by atoms with E-state index in [0.717, 1.165) is 12.1 Å². The Balaban J connectivity index is 2.08. The average Bonchev–Trinajstić information content (AvgIpc) is 3.20. The highest BCUT2D eigenvalue weighted by Gasteiger charge is 2.49. The molecule has 11 heteroatoms. The summed E-state index contributed by atoms with van der Waals surface area (Å²) < 4.78 is 51.8. The zero-order valence-electron chi connectivity index (χ0n) is 18.2. The van der Waals surface area contributed by atoms with E-state index in [1.165, 1.54) is 29.3 Å². The number of alkyl halides is 3. The van der Waals surface area contributed by atoms with Crippen LogP contribution in [-0.2, 0) is 19.1 Å². The summed E-state index contributed by atoms with van der Waals surface area (Å²) in [5.41, 5.74) is 1.26. The van der Waals surface area contributed by atoms with Crippen molar-refractivity contribution in [1.82, 2.24) is 0 Å². The number of anilines is 1. The lowest BCUT2D eigenvalue weighted by atomic mass is 9.90. The summed E-state index contributed by atoms with van der Waals surface area (Å²) in [7, 11) is 0. The van der Waals surface area contributed by atoms with Crippen LogP contribution in [0.5, 0.6) is 5.75 Å². The molecule has 0 radical (unpaired) electrons. The van der Waals surface area contributed by atoms with Gasteiger partial charge >= 0.3 is 18.3 Å². The van der Waals surface area contributed by atoms with E-state index < -0.39 is 36.0 Å². The fourth-order valence-electron chi connectivity index (χ4n) is 3.46. The molecule has 1 aliphatic rings. The average molecular weight is 478 g/mol. The molecule has 180 valence electrons. The van der Waals surface area contributed by atoms with Crippen LogP contribution in [0.2, 0.25) is 0 Å². The maximum Gasteiger partial charge on any atom is 0.573 e. The summed E-state index contributed by atoms with van der Waals surface area (Å²) in [6.45, 7) is 3.28. The van der Waals surface area contributed by atoms with Crippen molar-refractivity contribution in [3.8, 4) is 5.75 Å². The van der Waals surface area contributed by atoms with Gasteiger partial charge in [-0.25, -0.2) is 9.80 Å². The molecule has 0 spiro atoms. The Morgan fingerprint density at radius 2 is 1.56 bits per heavy atom. The van der Waals surface area contributed by atoms with Crippen LogP contribution >= 0.6 is 0 Å². The molecular formula is C23H21F3N2O6. The van der Waals surface area contributed by atoms with Gasteiger partial charge in [0, 0.05) is 5.56 Å². The second kappa shape index (κ2) is 10.4. The SMILES string of the molecule is CCOC(=O)C1C(c2ccc(C=O)cc2)=NN(c2ccc(OC(F)(F)F)cc2)C1C(=O)OCC. The highest BCUT2D eigenvalue weighted by atomic mass is 19.4. The molecule has 0 saturated carbocycles. The fraction of sp³-hybridized carbons (Fsp3) is 0.304. The number of aldehydes is 1. The Morgan fingerprint density at radius 1 is 0.971 bits per heavy atom. The summed E-state index contributed by atoms with van der Waals surface area (Å²) in [5, 5.41) is 5.66. The normalized spacial score (nSPS) is 17.7. The maximum atomic E-state index is 12.9. The highest BCUT2D eigenvalue weighted by Crippen LogP contribution is 2.34. The Kier molecular flexibility index (Phi) is 7.54. The number of hydrogen-bond donors (Lipinski definition) is 0. The largest absolute Gasteiger partial charge is 0.573 e. The molecule has 0 amide bonds. The van der Waals surface area contributed by atoms with Gasteiger partial charge in [0.05, 0.1) is 24.6 Å². The summed E-state index contributed by atoms with van der Waals surface area (Å²) in [5.74, 6) is -3.14. The van der Waals surface area contributed by atoms with Gasteiger partial charge in [-0.3, -0.25) is 9.59 Å². The number of rotatable bonds is 8. The molecule has 0 saturated heterocycles. The van der Waals surface area contributed by atoms with Crippen molar-refractivity contribution in [2.45, 2.75) is 26.3 Å². The van der Waals surface area contributed by atoms with Gasteiger partial charge in [0.15, 0.2) is 6.04 Å². The number of carbonyl (C=O) groups excluding carboxylic acids is 3. The predicted octanol–water partition coefficient (Wildman–Crippen LogP) is 3.73. The molecular weight excluding hydrogens is 457 g/mol. The van der Waals surface area contributed by atoms with E-state index in [0.29, 0.717) is 17.4 Å². The first-order chi connectivity index (χ1) is 16.2. The maximum absolute atomic E-state index is 12.9. The number of carbonyl (C=O) groups is 3. The molecule has 0 bridgehead atoms. The molecule has 0 fully saturated rings. The van der Waals surface area contributed by atoms with E-state index in [-0.39, 0.29) is 24.6 Å². The molecule has 0 aliphatic carbocycles. The minimum atomic E-state index is -4.86. The van der Waals surface area contributed by atoms with E-state index in [9.17, 15) is 27.6 Å². The quantitative estimate of drug-likeness (QED) is 0.422. The smallest absolute Gasteiger partial charge is 0.465 e. The zero-order valence-corrected chi connectivity index (χ0v) is 18.2. The molecule has 2 unspecified atom stereocenters. The zero-order chi connectivity index (χ0) is 24.9. The summed E-state index contributed by atoms with van der Waals surface area (Å²) in [6.07, 6.45) is -4.21. The Morgan fingerprint density at radius 3 is 2.09 bits per heavy atom. The van der Waals surface area contributed by atoms with E-state index >= 15 is 0 Å². The summed E-state index contributed by atoms with van der Waals surface area (Å²) >= 11 is 0. The van der Waals surface area contributed by atoms with Crippen molar-refractivity contribution >= 4 is 29.6 Å². The lowest BCUT2D eigenvalue weighted by molar-refractivity contribution is -0.274. The first-order valence-corrected chi connectivity index (χ1v) is 10.3. The minimum Gasteiger partial charge on any atom is -0.465 e. The third kappa shape index (κ3) is 5.53. The standard InChI is InChI=1S/C23H21F3N2O6/c1-3-32-21(30)18-19(15-7-5-14(13-29)6-8-15)27-28(20(18)22(31)33-4-2)16-9-11-17(12-10-16)34-23(24,25)26/h5-13,18,20H,3-4H2,1-2H3. The Hall–Kier alpha value is -3.89. The monoisotopic (exact) mass is 478 g/mol. The van der Waals surface area contributed by atoms with Gasteiger partial charge in [0.1, 0.15) is 18.0 Å². The summed E-state index contributed by atoms with van der Waals surface area (Å²) in [4.78, 5) is 36.8. The third-order valence-corrected chi connectivity index (χ3v) is 4.84. The van der Waals surface area contributed by atoms with Crippen molar-refractivity contribution in [1.29, 1.82) is 0 Å². The number of ether oxygens (including phenoxy) is 3. The molecule has 1 aliphatic heterocycles. The van der Waals surface area contributed by atoms with Crippen molar-refractivity contribution in [2.75, 3.05) is 18.2 Å². The van der Waals surface area contributed by atoms with Crippen LogP contribution in [0.1, 0.15) is 29.8 Å². The van der Waals surface area contributed by atoms with Gasteiger partial charge in [-0.1, -0.05) is 24.3 Å². The lowest BCUT2D eigenvalue weighted by Gasteiger charge is -2.25. The molecule has 3 rings (SSSR count). The van der Waals surface area contributed by atoms with Gasteiger partial charge in [0.25, 0.3) is 0 Å². The second-order valence-electron chi connectivity index (χ2n) is 7.04. The third-order valence-electron chi connectivity index (χ3n) is 4.84. The van der Waals surface area contributed by atoms with Gasteiger partial charge in [-0.05, 0) is 43.7 Å². The number of hydrogen-bond acceptors (Lipinski definition) is 8.